The number of fused-ring (bicyclic) bond motifs is 2. The maximum Gasteiger partial charge on any atom is 0.293 e. The van der Waals surface area contributed by atoms with Crippen molar-refractivity contribution in [2.24, 2.45) is 0 Å². The first-order valence-electron chi connectivity index (χ1n) is 9.27. The van der Waals surface area contributed by atoms with Gasteiger partial charge in [-0.1, -0.05) is 51.3 Å². The minimum absolute atomic E-state index is 0.0138. The second-order valence-electron chi connectivity index (χ2n) is 8.50. The van der Waals surface area contributed by atoms with E-state index in [1.54, 1.807) is 0 Å². The van der Waals surface area contributed by atoms with Crippen LogP contribution in [-0.4, -0.2) is 24.7 Å². The lowest BCUT2D eigenvalue weighted by Crippen LogP contribution is -2.59. The number of hydrogen-bond acceptors (Lipinski definition) is 3. The first kappa shape index (κ1) is 14.9. The van der Waals surface area contributed by atoms with Gasteiger partial charge >= 0.3 is 0 Å². The predicted molar refractivity (Wildman–Crippen MR) is 91.0 cm³/mol. The summed E-state index contributed by atoms with van der Waals surface area (Å²) in [5.41, 5.74) is 3.27. The highest BCUT2D eigenvalue weighted by molar-refractivity contribution is 6.09. The molecule has 4 heteroatoms. The maximum absolute atomic E-state index is 13.6. The minimum atomic E-state index is -1.18. The normalized spacial score (nSPS) is 28.6. The fourth-order valence-corrected chi connectivity index (χ4v) is 5.71. The fraction of sp³-hybridized carbons (Fsp3) is 0.650. The molecule has 3 heterocycles. The number of anilines is 1. The van der Waals surface area contributed by atoms with Crippen LogP contribution in [0, 0.1) is 0 Å². The van der Waals surface area contributed by atoms with Gasteiger partial charge in [0.15, 0.2) is 0 Å². The smallest absolute Gasteiger partial charge is 0.293 e. The van der Waals surface area contributed by atoms with Crippen molar-refractivity contribution < 1.29 is 14.3 Å². The molecule has 1 aromatic rings. The molecule has 4 nitrogen and oxygen atoms in total. The van der Waals surface area contributed by atoms with E-state index in [1.165, 1.54) is 24.8 Å². The summed E-state index contributed by atoms with van der Waals surface area (Å²) >= 11 is 0. The van der Waals surface area contributed by atoms with Crippen molar-refractivity contribution in [1.29, 1.82) is 0 Å². The highest BCUT2D eigenvalue weighted by atomic mass is 16.7. The number of ether oxygens (including phenoxy) is 2. The molecule has 2 spiro atoms. The molecule has 2 fully saturated rings. The highest BCUT2D eigenvalue weighted by Crippen LogP contribution is 2.59. The number of nitrogens with zero attached hydrogens (tertiary/aromatic N) is 1. The summed E-state index contributed by atoms with van der Waals surface area (Å²) in [7, 11) is 0. The van der Waals surface area contributed by atoms with Gasteiger partial charge in [0.1, 0.15) is 0 Å². The predicted octanol–water partition coefficient (Wildman–Crippen LogP) is 3.62. The molecule has 1 saturated carbocycles. The van der Waals surface area contributed by atoms with Crippen LogP contribution in [0.5, 0.6) is 0 Å². The molecule has 24 heavy (non-hydrogen) atoms. The first-order valence-corrected chi connectivity index (χ1v) is 9.27. The van der Waals surface area contributed by atoms with E-state index >= 15 is 0 Å². The largest absolute Gasteiger partial charge is 0.336 e. The second-order valence-corrected chi connectivity index (χ2v) is 8.50. The third-order valence-corrected chi connectivity index (χ3v) is 6.55. The number of hydrogen-bond donors (Lipinski definition) is 0. The number of rotatable bonds is 0. The van der Waals surface area contributed by atoms with Gasteiger partial charge in [-0.3, -0.25) is 4.79 Å². The van der Waals surface area contributed by atoms with Crippen LogP contribution in [-0.2, 0) is 25.5 Å². The summed E-state index contributed by atoms with van der Waals surface area (Å²) in [6.07, 6.45) is 6.88. The molecular weight excluding hydrogens is 302 g/mol. The van der Waals surface area contributed by atoms with Crippen LogP contribution in [0.25, 0.3) is 0 Å². The van der Waals surface area contributed by atoms with Crippen LogP contribution in [0.1, 0.15) is 63.5 Å². The number of amides is 1. The van der Waals surface area contributed by atoms with E-state index in [-0.39, 0.29) is 16.9 Å². The van der Waals surface area contributed by atoms with Gasteiger partial charge in [0.05, 0.1) is 18.9 Å². The Morgan fingerprint density at radius 1 is 1.00 bits per heavy atom. The lowest BCUT2D eigenvalue weighted by atomic mass is 9.64. The van der Waals surface area contributed by atoms with E-state index in [1.807, 2.05) is 6.07 Å². The van der Waals surface area contributed by atoms with E-state index in [9.17, 15) is 4.79 Å². The number of para-hydroxylation sites is 1. The second kappa shape index (κ2) is 4.61. The molecule has 0 N–H and O–H groups in total. The average Bonchev–Trinajstić information content (AvgIpc) is 3.13. The van der Waals surface area contributed by atoms with Crippen molar-refractivity contribution in [2.75, 3.05) is 18.1 Å². The van der Waals surface area contributed by atoms with Crippen LogP contribution >= 0.6 is 0 Å². The summed E-state index contributed by atoms with van der Waals surface area (Å²) < 4.78 is 11.9. The van der Waals surface area contributed by atoms with Gasteiger partial charge in [-0.2, -0.15) is 0 Å². The quantitative estimate of drug-likeness (QED) is 0.730. The molecule has 4 aliphatic rings. The molecule has 128 valence electrons. The topological polar surface area (TPSA) is 38.8 Å². The van der Waals surface area contributed by atoms with E-state index in [0.29, 0.717) is 13.2 Å². The van der Waals surface area contributed by atoms with Gasteiger partial charge in [0.2, 0.25) is 0 Å². The molecule has 0 atom stereocenters. The zero-order valence-electron chi connectivity index (χ0n) is 14.6. The SMILES string of the molecule is CC1(C)CC2(CCCCC2)N2C(=O)C3(OCCO3)c3cccc1c32. The third kappa shape index (κ3) is 1.64. The summed E-state index contributed by atoms with van der Waals surface area (Å²) in [6, 6.07) is 6.26. The first-order chi connectivity index (χ1) is 11.5. The van der Waals surface area contributed by atoms with Crippen molar-refractivity contribution in [2.45, 2.75) is 69.1 Å². The molecule has 0 unspecified atom stereocenters. The van der Waals surface area contributed by atoms with E-state index in [4.69, 9.17) is 9.47 Å². The number of benzene rings is 1. The van der Waals surface area contributed by atoms with Crippen molar-refractivity contribution in [3.8, 4) is 0 Å². The van der Waals surface area contributed by atoms with Crippen LogP contribution in [0.3, 0.4) is 0 Å². The fourth-order valence-electron chi connectivity index (χ4n) is 5.71. The van der Waals surface area contributed by atoms with Gasteiger partial charge in [-0.15, -0.1) is 0 Å². The minimum Gasteiger partial charge on any atom is -0.336 e. The van der Waals surface area contributed by atoms with Crippen LogP contribution in [0.15, 0.2) is 18.2 Å². The van der Waals surface area contributed by atoms with E-state index in [2.05, 4.69) is 30.9 Å². The molecule has 1 aliphatic carbocycles. The Kier molecular flexibility index (Phi) is 2.87. The molecular formula is C20H25NO3. The Balaban J connectivity index is 1.78. The van der Waals surface area contributed by atoms with Gasteiger partial charge in [0, 0.05) is 11.1 Å². The van der Waals surface area contributed by atoms with Crippen LogP contribution in [0.2, 0.25) is 0 Å². The Hall–Kier alpha value is -1.39. The Morgan fingerprint density at radius 3 is 2.38 bits per heavy atom. The molecule has 5 rings (SSSR count). The van der Waals surface area contributed by atoms with Gasteiger partial charge in [0.25, 0.3) is 11.7 Å². The van der Waals surface area contributed by atoms with Crippen LogP contribution in [0.4, 0.5) is 5.69 Å². The van der Waals surface area contributed by atoms with Gasteiger partial charge < -0.3 is 14.4 Å². The van der Waals surface area contributed by atoms with Gasteiger partial charge in [-0.25, -0.2) is 0 Å². The molecule has 1 aromatic carbocycles. The average molecular weight is 327 g/mol. The van der Waals surface area contributed by atoms with Crippen LogP contribution < -0.4 is 4.90 Å². The zero-order chi connectivity index (χ0) is 16.6. The molecule has 0 bridgehead atoms. The molecule has 3 aliphatic heterocycles. The monoisotopic (exact) mass is 327 g/mol. The third-order valence-electron chi connectivity index (χ3n) is 6.55. The van der Waals surface area contributed by atoms with Crippen molar-refractivity contribution in [3.63, 3.8) is 0 Å². The van der Waals surface area contributed by atoms with Gasteiger partial charge in [-0.05, 0) is 30.2 Å². The Labute approximate surface area is 143 Å². The van der Waals surface area contributed by atoms with Crippen molar-refractivity contribution in [1.82, 2.24) is 0 Å². The lowest BCUT2D eigenvalue weighted by Gasteiger charge is -2.53. The Morgan fingerprint density at radius 2 is 1.67 bits per heavy atom. The van der Waals surface area contributed by atoms with Crippen molar-refractivity contribution >= 4 is 11.6 Å². The van der Waals surface area contributed by atoms with E-state index < -0.39 is 5.79 Å². The summed E-state index contributed by atoms with van der Waals surface area (Å²) in [5.74, 6) is -1.17. The maximum atomic E-state index is 13.6. The zero-order valence-corrected chi connectivity index (χ0v) is 14.6. The molecule has 1 amide bonds. The Bertz CT molecular complexity index is 712. The summed E-state index contributed by atoms with van der Waals surface area (Å²) in [5, 5.41) is 0. The summed E-state index contributed by atoms with van der Waals surface area (Å²) in [4.78, 5) is 15.7. The molecule has 0 radical (unpaired) electrons. The lowest BCUT2D eigenvalue weighted by molar-refractivity contribution is -0.182. The number of carbonyl (C=O) groups excluding carboxylic acids is 1. The molecule has 0 aromatic heterocycles. The van der Waals surface area contributed by atoms with E-state index in [0.717, 1.165) is 30.5 Å². The summed E-state index contributed by atoms with van der Waals surface area (Å²) in [6.45, 7) is 5.61. The standard InChI is InChI=1S/C20H25NO3/c1-18(2)13-19(9-4-3-5-10-19)21-16-14(18)7-6-8-15(16)20(17(21)22)23-11-12-24-20/h6-8H,3-5,9-13H2,1-2H3. The van der Waals surface area contributed by atoms with Crippen molar-refractivity contribution in [3.05, 3.63) is 29.3 Å². The molecule has 1 saturated heterocycles. The highest BCUT2D eigenvalue weighted by Gasteiger charge is 2.64. The number of carbonyl (C=O) groups is 1.